The van der Waals surface area contributed by atoms with Crippen LogP contribution in [0.5, 0.6) is 0 Å². The number of amides is 1. The third kappa shape index (κ3) is 3.40. The zero-order chi connectivity index (χ0) is 13.8. The van der Waals surface area contributed by atoms with Crippen molar-refractivity contribution >= 4 is 17.3 Å². The van der Waals surface area contributed by atoms with Crippen LogP contribution in [0.25, 0.3) is 0 Å². The fraction of sp³-hybridized carbons (Fsp3) is 0.533. The normalized spacial score (nSPS) is 15.2. The van der Waals surface area contributed by atoms with Crippen molar-refractivity contribution in [1.82, 2.24) is 5.32 Å². The number of carbonyl (C=O) groups is 1. The van der Waals surface area contributed by atoms with E-state index >= 15 is 0 Å². The van der Waals surface area contributed by atoms with E-state index in [-0.39, 0.29) is 11.9 Å². The molecule has 1 aromatic carbocycles. The first-order chi connectivity index (χ1) is 9.08. The van der Waals surface area contributed by atoms with Gasteiger partial charge in [0.2, 0.25) is 0 Å². The summed E-state index contributed by atoms with van der Waals surface area (Å²) in [5.41, 5.74) is 2.65. The minimum Gasteiger partial charge on any atom is -0.382 e. The monoisotopic (exact) mass is 261 g/mol. The molecule has 104 valence electrons. The van der Waals surface area contributed by atoms with Crippen LogP contribution in [0.15, 0.2) is 18.2 Å². The molecule has 1 aromatic rings. The lowest BCUT2D eigenvalue weighted by atomic mass is 10.0. The summed E-state index contributed by atoms with van der Waals surface area (Å²) in [4.78, 5) is 12.3. The highest BCUT2D eigenvalue weighted by Crippen LogP contribution is 2.28. The highest BCUT2D eigenvalue weighted by molar-refractivity contribution is 6.02. The van der Waals surface area contributed by atoms with E-state index in [0.29, 0.717) is 5.92 Å². The van der Waals surface area contributed by atoms with E-state index in [9.17, 15) is 4.79 Å². The first-order valence-corrected chi connectivity index (χ1v) is 6.99. The van der Waals surface area contributed by atoms with Gasteiger partial charge < -0.3 is 16.0 Å². The van der Waals surface area contributed by atoms with Gasteiger partial charge in [0.15, 0.2) is 0 Å². The van der Waals surface area contributed by atoms with Gasteiger partial charge in [-0.2, -0.15) is 0 Å². The standard InChI is InChI=1S/C15H23N3O/c1-10(2)9-11(3)18-15(19)12-5-4-6-13-14(12)17-8-7-16-13/h4-6,10-11,16-17H,7-9H2,1-3H3,(H,18,19). The number of anilines is 2. The molecule has 0 bridgehead atoms. The van der Waals surface area contributed by atoms with E-state index < -0.39 is 0 Å². The lowest BCUT2D eigenvalue weighted by Crippen LogP contribution is -2.34. The maximum Gasteiger partial charge on any atom is 0.253 e. The quantitative estimate of drug-likeness (QED) is 0.781. The molecule has 0 saturated heterocycles. The summed E-state index contributed by atoms with van der Waals surface area (Å²) in [6.45, 7) is 8.12. The zero-order valence-electron chi connectivity index (χ0n) is 11.9. The van der Waals surface area contributed by atoms with Crippen LogP contribution in [0.1, 0.15) is 37.6 Å². The molecule has 1 aliphatic heterocycles. The Labute approximate surface area is 115 Å². The third-order valence-electron chi connectivity index (χ3n) is 3.25. The lowest BCUT2D eigenvalue weighted by Gasteiger charge is -2.23. The molecule has 1 atom stereocenters. The van der Waals surface area contributed by atoms with Crippen molar-refractivity contribution in [2.24, 2.45) is 5.92 Å². The van der Waals surface area contributed by atoms with Gasteiger partial charge in [0.25, 0.3) is 5.91 Å². The summed E-state index contributed by atoms with van der Waals surface area (Å²) < 4.78 is 0. The van der Waals surface area contributed by atoms with Gasteiger partial charge in [0.05, 0.1) is 16.9 Å². The van der Waals surface area contributed by atoms with Crippen LogP contribution >= 0.6 is 0 Å². The number of carbonyl (C=O) groups excluding carboxylic acids is 1. The lowest BCUT2D eigenvalue weighted by molar-refractivity contribution is 0.0937. The van der Waals surface area contributed by atoms with Crippen molar-refractivity contribution in [2.75, 3.05) is 23.7 Å². The summed E-state index contributed by atoms with van der Waals surface area (Å²) in [6.07, 6.45) is 0.993. The summed E-state index contributed by atoms with van der Waals surface area (Å²) in [6, 6.07) is 5.98. The Morgan fingerprint density at radius 2 is 2.00 bits per heavy atom. The Bertz CT molecular complexity index is 457. The van der Waals surface area contributed by atoms with Crippen LogP contribution in [0.4, 0.5) is 11.4 Å². The van der Waals surface area contributed by atoms with Gasteiger partial charge in [0, 0.05) is 19.1 Å². The average molecular weight is 261 g/mol. The predicted molar refractivity (Wildman–Crippen MR) is 79.8 cm³/mol. The number of para-hydroxylation sites is 1. The minimum absolute atomic E-state index is 0.00111. The first-order valence-electron chi connectivity index (χ1n) is 6.99. The maximum absolute atomic E-state index is 12.3. The molecule has 0 aliphatic carbocycles. The first kappa shape index (κ1) is 13.7. The maximum atomic E-state index is 12.3. The molecule has 0 fully saturated rings. The summed E-state index contributed by atoms with van der Waals surface area (Å²) >= 11 is 0. The van der Waals surface area contributed by atoms with Crippen LogP contribution in [-0.2, 0) is 0 Å². The number of rotatable bonds is 4. The zero-order valence-corrected chi connectivity index (χ0v) is 11.9. The summed E-state index contributed by atoms with van der Waals surface area (Å²) in [7, 11) is 0. The van der Waals surface area contributed by atoms with Gasteiger partial charge in [-0.1, -0.05) is 19.9 Å². The molecule has 0 radical (unpaired) electrons. The number of fused-ring (bicyclic) bond motifs is 1. The van der Waals surface area contributed by atoms with E-state index in [2.05, 4.69) is 36.7 Å². The Kier molecular flexibility index (Phi) is 4.30. The number of hydrogen-bond donors (Lipinski definition) is 3. The van der Waals surface area contributed by atoms with Crippen molar-refractivity contribution in [1.29, 1.82) is 0 Å². The van der Waals surface area contributed by atoms with Crippen molar-refractivity contribution < 1.29 is 4.79 Å². The average Bonchev–Trinajstić information content (AvgIpc) is 2.36. The smallest absolute Gasteiger partial charge is 0.253 e. The second kappa shape index (κ2) is 5.95. The van der Waals surface area contributed by atoms with Crippen molar-refractivity contribution in [3.63, 3.8) is 0 Å². The topological polar surface area (TPSA) is 53.2 Å². The van der Waals surface area contributed by atoms with Crippen molar-refractivity contribution in [3.05, 3.63) is 23.8 Å². The Balaban J connectivity index is 2.11. The van der Waals surface area contributed by atoms with E-state index in [0.717, 1.165) is 36.4 Å². The van der Waals surface area contributed by atoms with E-state index in [1.165, 1.54) is 0 Å². The minimum atomic E-state index is 0.00111. The van der Waals surface area contributed by atoms with Crippen LogP contribution in [0, 0.1) is 5.92 Å². The van der Waals surface area contributed by atoms with E-state index in [1.54, 1.807) is 0 Å². The Morgan fingerprint density at radius 1 is 1.26 bits per heavy atom. The van der Waals surface area contributed by atoms with Crippen molar-refractivity contribution in [2.45, 2.75) is 33.2 Å². The molecule has 3 N–H and O–H groups in total. The molecule has 4 heteroatoms. The van der Waals surface area contributed by atoms with Crippen molar-refractivity contribution in [3.8, 4) is 0 Å². The molecule has 2 rings (SSSR count). The molecule has 4 nitrogen and oxygen atoms in total. The molecule has 19 heavy (non-hydrogen) atoms. The third-order valence-corrected chi connectivity index (χ3v) is 3.25. The van der Waals surface area contributed by atoms with Gasteiger partial charge in [-0.3, -0.25) is 4.79 Å². The highest BCUT2D eigenvalue weighted by atomic mass is 16.1. The van der Waals surface area contributed by atoms with E-state index in [1.807, 2.05) is 18.2 Å². The molecule has 0 spiro atoms. The molecule has 0 aromatic heterocycles. The molecule has 1 amide bonds. The van der Waals surface area contributed by atoms with Crippen LogP contribution in [0.2, 0.25) is 0 Å². The molecule has 1 unspecified atom stereocenters. The summed E-state index contributed by atoms with van der Waals surface area (Å²) in [5.74, 6) is 0.584. The van der Waals surface area contributed by atoms with Crippen LogP contribution in [-0.4, -0.2) is 25.0 Å². The van der Waals surface area contributed by atoms with E-state index in [4.69, 9.17) is 0 Å². The van der Waals surface area contributed by atoms with Gasteiger partial charge in [-0.05, 0) is 31.4 Å². The predicted octanol–water partition coefficient (Wildman–Crippen LogP) is 2.69. The molecular weight excluding hydrogens is 238 g/mol. The molecule has 0 saturated carbocycles. The summed E-state index contributed by atoms with van der Waals surface area (Å²) in [5, 5.41) is 9.67. The Morgan fingerprint density at radius 3 is 2.74 bits per heavy atom. The largest absolute Gasteiger partial charge is 0.382 e. The highest BCUT2D eigenvalue weighted by Gasteiger charge is 2.18. The molecule has 1 aliphatic rings. The molecule has 1 heterocycles. The second-order valence-electron chi connectivity index (χ2n) is 5.59. The van der Waals surface area contributed by atoms with Gasteiger partial charge in [-0.25, -0.2) is 0 Å². The van der Waals surface area contributed by atoms with Gasteiger partial charge in [0.1, 0.15) is 0 Å². The Hall–Kier alpha value is -1.71. The SMILES string of the molecule is CC(C)CC(C)NC(=O)c1cccc2c1NCCN2. The molecular formula is C15H23N3O. The fourth-order valence-corrected chi connectivity index (χ4v) is 2.53. The number of nitrogens with one attached hydrogen (secondary N) is 3. The van der Waals surface area contributed by atoms with Gasteiger partial charge >= 0.3 is 0 Å². The number of hydrogen-bond acceptors (Lipinski definition) is 3. The van der Waals surface area contributed by atoms with Gasteiger partial charge in [-0.15, -0.1) is 0 Å². The van der Waals surface area contributed by atoms with Crippen LogP contribution < -0.4 is 16.0 Å². The number of benzene rings is 1. The second-order valence-corrected chi connectivity index (χ2v) is 5.59. The van der Waals surface area contributed by atoms with Crippen LogP contribution in [0.3, 0.4) is 0 Å². The fourth-order valence-electron chi connectivity index (χ4n) is 2.53.